The van der Waals surface area contributed by atoms with Gasteiger partial charge in [0.15, 0.2) is 0 Å². The Bertz CT molecular complexity index is 419. The largest absolute Gasteiger partial charge is 0.376 e. The fourth-order valence-electron chi connectivity index (χ4n) is 2.45. The number of hydrogen-bond donors (Lipinski definition) is 1. The van der Waals surface area contributed by atoms with Crippen molar-refractivity contribution in [1.82, 2.24) is 5.32 Å². The minimum absolute atomic E-state index is 0.119. The van der Waals surface area contributed by atoms with Crippen LogP contribution in [0.3, 0.4) is 0 Å². The van der Waals surface area contributed by atoms with E-state index in [-0.39, 0.29) is 12.0 Å². The lowest BCUT2D eigenvalue weighted by Crippen LogP contribution is -2.31. The molecule has 1 N–H and O–H groups in total. The molecular formula is C17H25NO2. The Balaban J connectivity index is 1.69. The second-order valence-corrected chi connectivity index (χ2v) is 5.84. The maximum Gasteiger partial charge on any atom is 0.220 e. The lowest BCUT2D eigenvalue weighted by molar-refractivity contribution is -0.121. The Morgan fingerprint density at radius 3 is 2.70 bits per heavy atom. The van der Waals surface area contributed by atoms with Crippen molar-refractivity contribution in [3.63, 3.8) is 0 Å². The fraction of sp³-hybridized carbons (Fsp3) is 0.588. The van der Waals surface area contributed by atoms with Gasteiger partial charge in [0.25, 0.3) is 0 Å². The molecule has 3 nitrogen and oxygen atoms in total. The average molecular weight is 275 g/mol. The molecule has 1 heterocycles. The number of nitrogens with one attached hydrogen (secondary N) is 1. The van der Waals surface area contributed by atoms with E-state index in [1.165, 1.54) is 11.1 Å². The molecule has 2 rings (SSSR count). The van der Waals surface area contributed by atoms with Gasteiger partial charge in [0, 0.05) is 19.6 Å². The molecule has 1 aliphatic rings. The quantitative estimate of drug-likeness (QED) is 0.866. The van der Waals surface area contributed by atoms with Crippen LogP contribution in [-0.4, -0.2) is 25.2 Å². The summed E-state index contributed by atoms with van der Waals surface area (Å²) < 4.78 is 5.49. The molecule has 0 radical (unpaired) electrons. The predicted molar refractivity (Wildman–Crippen MR) is 80.8 cm³/mol. The van der Waals surface area contributed by atoms with Crippen LogP contribution in [0.15, 0.2) is 24.3 Å². The standard InChI is InChI=1S/C17H25NO2/c1-13(2)15-8-5-14(6-9-15)7-10-17(19)18-12-16-4-3-11-20-16/h5-6,8-9,13,16H,3-4,7,10-12H2,1-2H3,(H,18,19). The maximum atomic E-state index is 11.8. The number of amides is 1. The Morgan fingerprint density at radius 1 is 1.35 bits per heavy atom. The molecule has 0 spiro atoms. The second kappa shape index (κ2) is 7.44. The molecule has 1 aliphatic heterocycles. The van der Waals surface area contributed by atoms with Crippen molar-refractivity contribution in [2.24, 2.45) is 0 Å². The number of carbonyl (C=O) groups excluding carboxylic acids is 1. The van der Waals surface area contributed by atoms with E-state index >= 15 is 0 Å². The van der Waals surface area contributed by atoms with E-state index in [1.807, 2.05) is 0 Å². The van der Waals surface area contributed by atoms with Crippen molar-refractivity contribution in [3.8, 4) is 0 Å². The average Bonchev–Trinajstić information content (AvgIpc) is 2.96. The summed E-state index contributed by atoms with van der Waals surface area (Å²) in [6.07, 6.45) is 3.76. The topological polar surface area (TPSA) is 38.3 Å². The van der Waals surface area contributed by atoms with Crippen molar-refractivity contribution < 1.29 is 9.53 Å². The van der Waals surface area contributed by atoms with Gasteiger partial charge >= 0.3 is 0 Å². The van der Waals surface area contributed by atoms with Crippen LogP contribution in [0.4, 0.5) is 0 Å². The van der Waals surface area contributed by atoms with Crippen molar-refractivity contribution in [1.29, 1.82) is 0 Å². The van der Waals surface area contributed by atoms with E-state index in [1.54, 1.807) is 0 Å². The van der Waals surface area contributed by atoms with Gasteiger partial charge in [-0.3, -0.25) is 4.79 Å². The Hall–Kier alpha value is -1.35. The zero-order valence-corrected chi connectivity index (χ0v) is 12.5. The lowest BCUT2D eigenvalue weighted by Gasteiger charge is -2.11. The van der Waals surface area contributed by atoms with Gasteiger partial charge in [0.05, 0.1) is 6.10 Å². The van der Waals surface area contributed by atoms with E-state index in [2.05, 4.69) is 43.4 Å². The first kappa shape index (κ1) is 15.0. The van der Waals surface area contributed by atoms with Gasteiger partial charge in [0.2, 0.25) is 5.91 Å². The molecule has 1 aromatic carbocycles. The minimum Gasteiger partial charge on any atom is -0.376 e. The molecule has 20 heavy (non-hydrogen) atoms. The number of hydrogen-bond acceptors (Lipinski definition) is 2. The molecule has 110 valence electrons. The van der Waals surface area contributed by atoms with Gasteiger partial charge < -0.3 is 10.1 Å². The second-order valence-electron chi connectivity index (χ2n) is 5.84. The highest BCUT2D eigenvalue weighted by Gasteiger charge is 2.15. The highest BCUT2D eigenvalue weighted by Crippen LogP contribution is 2.15. The number of aryl methyl sites for hydroxylation is 1. The summed E-state index contributed by atoms with van der Waals surface area (Å²) in [6.45, 7) is 5.87. The molecule has 1 fully saturated rings. The maximum absolute atomic E-state index is 11.8. The number of rotatable bonds is 6. The summed E-state index contributed by atoms with van der Waals surface area (Å²) in [5.74, 6) is 0.673. The molecule has 0 aromatic heterocycles. The molecule has 0 bridgehead atoms. The van der Waals surface area contributed by atoms with E-state index < -0.39 is 0 Å². The van der Waals surface area contributed by atoms with Crippen LogP contribution >= 0.6 is 0 Å². The van der Waals surface area contributed by atoms with Crippen LogP contribution in [0.25, 0.3) is 0 Å². The van der Waals surface area contributed by atoms with E-state index in [0.29, 0.717) is 18.9 Å². The molecule has 1 aromatic rings. The van der Waals surface area contributed by atoms with Gasteiger partial charge in [-0.05, 0) is 36.3 Å². The highest BCUT2D eigenvalue weighted by atomic mass is 16.5. The van der Waals surface area contributed by atoms with Crippen LogP contribution < -0.4 is 5.32 Å². The Kier molecular flexibility index (Phi) is 5.60. The minimum atomic E-state index is 0.119. The highest BCUT2D eigenvalue weighted by molar-refractivity contribution is 5.76. The monoisotopic (exact) mass is 275 g/mol. The third-order valence-electron chi connectivity index (χ3n) is 3.84. The first-order valence-corrected chi connectivity index (χ1v) is 7.62. The van der Waals surface area contributed by atoms with E-state index in [4.69, 9.17) is 4.74 Å². The van der Waals surface area contributed by atoms with E-state index in [0.717, 1.165) is 25.9 Å². The first-order chi connectivity index (χ1) is 9.65. The molecule has 0 aliphatic carbocycles. The van der Waals surface area contributed by atoms with Gasteiger partial charge in [-0.25, -0.2) is 0 Å². The molecule has 1 atom stereocenters. The third kappa shape index (κ3) is 4.64. The number of ether oxygens (including phenoxy) is 1. The van der Waals surface area contributed by atoms with Crippen molar-refractivity contribution in [3.05, 3.63) is 35.4 Å². The summed E-state index contributed by atoms with van der Waals surface area (Å²) in [5.41, 5.74) is 2.57. The number of carbonyl (C=O) groups is 1. The Labute approximate surface area is 121 Å². The SMILES string of the molecule is CC(C)c1ccc(CCC(=O)NCC2CCCO2)cc1. The summed E-state index contributed by atoms with van der Waals surface area (Å²) in [4.78, 5) is 11.8. The summed E-state index contributed by atoms with van der Waals surface area (Å²) in [5, 5.41) is 2.96. The third-order valence-corrected chi connectivity index (χ3v) is 3.84. The molecule has 1 amide bonds. The summed E-state index contributed by atoms with van der Waals surface area (Å²) in [6, 6.07) is 8.57. The summed E-state index contributed by atoms with van der Waals surface area (Å²) >= 11 is 0. The van der Waals surface area contributed by atoms with Gasteiger partial charge in [-0.2, -0.15) is 0 Å². The van der Waals surface area contributed by atoms with Crippen molar-refractivity contribution in [2.45, 2.75) is 51.6 Å². The smallest absolute Gasteiger partial charge is 0.220 e. The lowest BCUT2D eigenvalue weighted by atomic mass is 10.0. The zero-order valence-electron chi connectivity index (χ0n) is 12.5. The van der Waals surface area contributed by atoms with Crippen molar-refractivity contribution in [2.75, 3.05) is 13.2 Å². The molecular weight excluding hydrogens is 250 g/mol. The normalized spacial score (nSPS) is 18.4. The van der Waals surface area contributed by atoms with Crippen LogP contribution in [0.5, 0.6) is 0 Å². The van der Waals surface area contributed by atoms with Gasteiger partial charge in [-0.1, -0.05) is 38.1 Å². The number of benzene rings is 1. The predicted octanol–water partition coefficient (Wildman–Crippen LogP) is 3.04. The van der Waals surface area contributed by atoms with Gasteiger partial charge in [0.1, 0.15) is 0 Å². The van der Waals surface area contributed by atoms with Crippen LogP contribution in [0, 0.1) is 0 Å². The van der Waals surface area contributed by atoms with E-state index in [9.17, 15) is 4.79 Å². The molecule has 1 saturated heterocycles. The van der Waals surface area contributed by atoms with Crippen LogP contribution in [0.1, 0.15) is 50.2 Å². The molecule has 0 saturated carbocycles. The van der Waals surface area contributed by atoms with Crippen molar-refractivity contribution >= 4 is 5.91 Å². The first-order valence-electron chi connectivity index (χ1n) is 7.62. The van der Waals surface area contributed by atoms with Crippen LogP contribution in [-0.2, 0) is 16.0 Å². The zero-order chi connectivity index (χ0) is 14.4. The van der Waals surface area contributed by atoms with Gasteiger partial charge in [-0.15, -0.1) is 0 Å². The summed E-state index contributed by atoms with van der Waals surface area (Å²) in [7, 11) is 0. The fourth-order valence-corrected chi connectivity index (χ4v) is 2.45. The molecule has 1 unspecified atom stereocenters. The Morgan fingerprint density at radius 2 is 2.10 bits per heavy atom. The van der Waals surface area contributed by atoms with Crippen LogP contribution in [0.2, 0.25) is 0 Å². The molecule has 3 heteroatoms.